The summed E-state index contributed by atoms with van der Waals surface area (Å²) in [7, 11) is 2.60. The molecule has 0 bridgehead atoms. The van der Waals surface area contributed by atoms with Gasteiger partial charge in [-0.2, -0.15) is 0 Å². The first kappa shape index (κ1) is 20.5. The molecule has 0 heterocycles. The van der Waals surface area contributed by atoms with Crippen molar-refractivity contribution in [1.82, 2.24) is 0 Å². The zero-order chi connectivity index (χ0) is 16.0. The van der Waals surface area contributed by atoms with Crippen LogP contribution in [0.4, 0.5) is 13.2 Å². The van der Waals surface area contributed by atoms with Crippen LogP contribution in [-0.4, -0.2) is 38.8 Å². The molecule has 0 saturated heterocycles. The van der Waals surface area contributed by atoms with Gasteiger partial charge in [-0.3, -0.25) is 4.79 Å². The van der Waals surface area contributed by atoms with E-state index < -0.39 is 30.5 Å². The van der Waals surface area contributed by atoms with Crippen LogP contribution in [0, 0.1) is 5.92 Å². The molecule has 22 heavy (non-hydrogen) atoms. The van der Waals surface area contributed by atoms with Crippen molar-refractivity contribution in [3.8, 4) is 5.75 Å². The van der Waals surface area contributed by atoms with E-state index >= 15 is 0 Å². The number of alkyl halides is 3. The Bertz CT molecular complexity index is 459. The van der Waals surface area contributed by atoms with Crippen LogP contribution in [0.1, 0.15) is 5.56 Å². The Kier molecular flexibility index (Phi) is 8.89. The van der Waals surface area contributed by atoms with Gasteiger partial charge in [0, 0.05) is 0 Å². The standard InChI is InChI=1S/C14H18F3NO3.ClH/c1-20-9-5-3-8(4-6-9)7-10(14(19)21-2)12(18)11(15)13(16)17;/h3-6,10-13H,7,18H2,1-2H3;1H. The molecule has 1 aromatic carbocycles. The maximum absolute atomic E-state index is 13.4. The lowest BCUT2D eigenvalue weighted by molar-refractivity contribution is -0.147. The zero-order valence-electron chi connectivity index (χ0n) is 12.2. The molecule has 0 radical (unpaired) electrons. The number of ether oxygens (including phenoxy) is 2. The quantitative estimate of drug-likeness (QED) is 0.773. The van der Waals surface area contributed by atoms with E-state index in [4.69, 9.17) is 10.5 Å². The molecule has 2 N–H and O–H groups in total. The number of nitrogens with two attached hydrogens (primary N) is 1. The average molecular weight is 342 g/mol. The van der Waals surface area contributed by atoms with Crippen LogP contribution < -0.4 is 10.5 Å². The number of methoxy groups -OCH3 is 2. The van der Waals surface area contributed by atoms with Gasteiger partial charge >= 0.3 is 5.97 Å². The van der Waals surface area contributed by atoms with Crippen molar-refractivity contribution in [2.75, 3.05) is 14.2 Å². The fourth-order valence-corrected chi connectivity index (χ4v) is 1.93. The van der Waals surface area contributed by atoms with E-state index in [2.05, 4.69) is 4.74 Å². The Labute approximate surface area is 133 Å². The number of carbonyl (C=O) groups excluding carboxylic acids is 1. The van der Waals surface area contributed by atoms with Gasteiger partial charge in [-0.05, 0) is 24.1 Å². The number of esters is 1. The summed E-state index contributed by atoms with van der Waals surface area (Å²) in [6, 6.07) is 4.96. The molecule has 0 aliphatic rings. The molecule has 1 rings (SSSR count). The van der Waals surface area contributed by atoms with Crippen molar-refractivity contribution < 1.29 is 27.4 Å². The number of hydrogen-bond acceptors (Lipinski definition) is 4. The van der Waals surface area contributed by atoms with E-state index in [1.165, 1.54) is 7.11 Å². The lowest BCUT2D eigenvalue weighted by atomic mass is 9.90. The third-order valence-electron chi connectivity index (χ3n) is 3.19. The maximum atomic E-state index is 13.4. The topological polar surface area (TPSA) is 61.5 Å². The second-order valence-electron chi connectivity index (χ2n) is 4.54. The van der Waals surface area contributed by atoms with Crippen LogP contribution in [0.15, 0.2) is 24.3 Å². The van der Waals surface area contributed by atoms with Gasteiger partial charge in [-0.1, -0.05) is 12.1 Å². The monoisotopic (exact) mass is 341 g/mol. The fraction of sp³-hybridized carbons (Fsp3) is 0.500. The summed E-state index contributed by atoms with van der Waals surface area (Å²) in [5, 5.41) is 0. The Morgan fingerprint density at radius 2 is 1.73 bits per heavy atom. The predicted octanol–water partition coefficient (Wildman–Crippen LogP) is 2.38. The molecule has 4 nitrogen and oxygen atoms in total. The molecule has 126 valence electrons. The summed E-state index contributed by atoms with van der Waals surface area (Å²) in [4.78, 5) is 11.7. The van der Waals surface area contributed by atoms with Crippen LogP contribution in [0.2, 0.25) is 0 Å². The summed E-state index contributed by atoms with van der Waals surface area (Å²) in [5.41, 5.74) is 6.10. The molecule has 0 aliphatic carbocycles. The van der Waals surface area contributed by atoms with Gasteiger partial charge in [-0.15, -0.1) is 12.4 Å². The van der Waals surface area contributed by atoms with E-state index in [-0.39, 0.29) is 18.8 Å². The molecule has 3 atom stereocenters. The highest BCUT2D eigenvalue weighted by Crippen LogP contribution is 2.22. The van der Waals surface area contributed by atoms with Gasteiger partial charge in [0.1, 0.15) is 5.75 Å². The van der Waals surface area contributed by atoms with Gasteiger partial charge in [0.2, 0.25) is 0 Å². The molecule has 0 fully saturated rings. The van der Waals surface area contributed by atoms with Crippen molar-refractivity contribution in [2.45, 2.75) is 25.1 Å². The largest absolute Gasteiger partial charge is 0.497 e. The van der Waals surface area contributed by atoms with Gasteiger partial charge in [0.15, 0.2) is 6.17 Å². The number of rotatable bonds is 7. The second kappa shape index (κ2) is 9.53. The first-order chi connectivity index (χ1) is 9.90. The highest BCUT2D eigenvalue weighted by atomic mass is 35.5. The summed E-state index contributed by atoms with van der Waals surface area (Å²) in [6.45, 7) is 0. The summed E-state index contributed by atoms with van der Waals surface area (Å²) >= 11 is 0. The Morgan fingerprint density at radius 3 is 2.14 bits per heavy atom. The molecular weight excluding hydrogens is 323 g/mol. The van der Waals surface area contributed by atoms with E-state index in [9.17, 15) is 18.0 Å². The van der Waals surface area contributed by atoms with Crippen LogP contribution in [0.25, 0.3) is 0 Å². The minimum Gasteiger partial charge on any atom is -0.497 e. The smallest absolute Gasteiger partial charge is 0.310 e. The van der Waals surface area contributed by atoms with E-state index in [1.54, 1.807) is 24.3 Å². The summed E-state index contributed by atoms with van der Waals surface area (Å²) < 4.78 is 47.7. The van der Waals surface area contributed by atoms with Gasteiger partial charge < -0.3 is 15.2 Å². The predicted molar refractivity (Wildman–Crippen MR) is 78.3 cm³/mol. The van der Waals surface area contributed by atoms with Crippen molar-refractivity contribution in [3.05, 3.63) is 29.8 Å². The molecule has 0 spiro atoms. The van der Waals surface area contributed by atoms with E-state index in [0.29, 0.717) is 11.3 Å². The van der Waals surface area contributed by atoms with Crippen molar-refractivity contribution in [2.24, 2.45) is 11.7 Å². The number of hydrogen-bond donors (Lipinski definition) is 1. The Morgan fingerprint density at radius 1 is 1.18 bits per heavy atom. The molecule has 0 aromatic heterocycles. The molecule has 8 heteroatoms. The highest BCUT2D eigenvalue weighted by molar-refractivity contribution is 5.85. The number of benzene rings is 1. The van der Waals surface area contributed by atoms with Gasteiger partial charge in [-0.25, -0.2) is 13.2 Å². The third kappa shape index (κ3) is 5.38. The van der Waals surface area contributed by atoms with E-state index in [1.807, 2.05) is 0 Å². The van der Waals surface area contributed by atoms with E-state index in [0.717, 1.165) is 7.11 Å². The lowest BCUT2D eigenvalue weighted by Gasteiger charge is -2.24. The fourth-order valence-electron chi connectivity index (χ4n) is 1.93. The Hall–Kier alpha value is -1.47. The van der Waals surface area contributed by atoms with Crippen LogP contribution in [0.3, 0.4) is 0 Å². The first-order valence-corrected chi connectivity index (χ1v) is 6.29. The van der Waals surface area contributed by atoms with Crippen molar-refractivity contribution in [1.29, 1.82) is 0 Å². The molecule has 1 aromatic rings. The van der Waals surface area contributed by atoms with Crippen molar-refractivity contribution >= 4 is 18.4 Å². The molecule has 0 aliphatic heterocycles. The summed E-state index contributed by atoms with van der Waals surface area (Å²) in [5.74, 6) is -1.40. The average Bonchev–Trinajstić information content (AvgIpc) is 2.50. The third-order valence-corrected chi connectivity index (χ3v) is 3.19. The molecular formula is C14H19ClF3NO3. The van der Waals surface area contributed by atoms with Crippen LogP contribution >= 0.6 is 12.4 Å². The number of carbonyl (C=O) groups is 1. The number of halogens is 4. The highest BCUT2D eigenvalue weighted by Gasteiger charge is 2.37. The second-order valence-corrected chi connectivity index (χ2v) is 4.54. The maximum Gasteiger partial charge on any atom is 0.310 e. The lowest BCUT2D eigenvalue weighted by Crippen LogP contribution is -2.47. The zero-order valence-corrected chi connectivity index (χ0v) is 13.0. The minimum atomic E-state index is -3.25. The first-order valence-electron chi connectivity index (χ1n) is 6.29. The minimum absolute atomic E-state index is 0. The van der Waals surface area contributed by atoms with Gasteiger partial charge in [0.25, 0.3) is 6.43 Å². The van der Waals surface area contributed by atoms with Crippen molar-refractivity contribution in [3.63, 3.8) is 0 Å². The normalized spacial score (nSPS) is 14.7. The molecule has 0 saturated carbocycles. The SMILES string of the molecule is COC(=O)C(Cc1ccc(OC)cc1)C(N)C(F)C(F)F.Cl. The van der Waals surface area contributed by atoms with Gasteiger partial charge in [0.05, 0.1) is 26.2 Å². The molecule has 0 amide bonds. The van der Waals surface area contributed by atoms with Crippen LogP contribution in [-0.2, 0) is 16.0 Å². The molecule has 3 unspecified atom stereocenters. The summed E-state index contributed by atoms with van der Waals surface area (Å²) in [6.07, 6.45) is -5.83. The van der Waals surface area contributed by atoms with Crippen LogP contribution in [0.5, 0.6) is 5.75 Å². The Balaban J connectivity index is 0.00000441.